The first-order chi connectivity index (χ1) is 19.8. The number of aliphatic hydroxyl groups excluding tert-OH is 1. The molecule has 1 aliphatic carbocycles. The Bertz CT molecular complexity index is 1250. The molecule has 3 aliphatic rings. The molecule has 2 heterocycles. The van der Waals surface area contributed by atoms with Crippen LogP contribution in [0.5, 0.6) is 5.75 Å². The molecule has 4 atom stereocenters. The van der Waals surface area contributed by atoms with E-state index in [0.29, 0.717) is 24.5 Å². The third-order valence-electron chi connectivity index (χ3n) is 8.32. The number of para-hydroxylation sites is 1. The minimum Gasteiger partial charge on any atom is -0.489 e. The van der Waals surface area contributed by atoms with Crippen LogP contribution in [0.25, 0.3) is 0 Å². The van der Waals surface area contributed by atoms with E-state index < -0.39 is 30.6 Å². The predicted octanol–water partition coefficient (Wildman–Crippen LogP) is 2.01. The van der Waals surface area contributed by atoms with Crippen molar-refractivity contribution in [2.45, 2.75) is 69.2 Å². The molecule has 1 fully saturated rings. The number of hydrogen-bond donors (Lipinski definition) is 4. The molecule has 0 aromatic heterocycles. The second kappa shape index (κ2) is 13.2. The Kier molecular flexibility index (Phi) is 9.47. The number of nitrogens with zero attached hydrogens (tertiary/aromatic N) is 1. The molecule has 4 N–H and O–H groups in total. The zero-order chi connectivity index (χ0) is 28.9. The monoisotopic (exact) mass is 582 g/mol. The molecule has 1 unspecified atom stereocenters. The summed E-state index contributed by atoms with van der Waals surface area (Å²) >= 11 is 6.04. The summed E-state index contributed by atoms with van der Waals surface area (Å²) in [6, 6.07) is 10.8. The Morgan fingerprint density at radius 1 is 1.00 bits per heavy atom. The van der Waals surface area contributed by atoms with E-state index in [1.807, 2.05) is 18.2 Å². The fourth-order valence-corrected chi connectivity index (χ4v) is 5.84. The predicted molar refractivity (Wildman–Crippen MR) is 156 cm³/mol. The van der Waals surface area contributed by atoms with Gasteiger partial charge in [0.1, 0.15) is 23.9 Å². The van der Waals surface area contributed by atoms with E-state index >= 15 is 0 Å². The molecule has 2 aliphatic heterocycles. The maximum Gasteiger partial charge on any atom is 0.245 e. The van der Waals surface area contributed by atoms with Crippen LogP contribution in [-0.4, -0.2) is 78.7 Å². The van der Waals surface area contributed by atoms with Crippen LogP contribution in [0.2, 0.25) is 5.02 Å². The summed E-state index contributed by atoms with van der Waals surface area (Å²) in [7, 11) is 1.53. The normalized spacial score (nSPS) is 26.3. The summed E-state index contributed by atoms with van der Waals surface area (Å²) in [6.07, 6.45) is 5.19. The number of ether oxygens (including phenoxy) is 1. The highest BCUT2D eigenvalue weighted by Crippen LogP contribution is 2.35. The van der Waals surface area contributed by atoms with Gasteiger partial charge in [-0.3, -0.25) is 14.4 Å². The fraction of sp³-hybridized carbons (Fsp3) is 0.516. The number of aryl methyl sites for hydroxylation is 2. The van der Waals surface area contributed by atoms with Gasteiger partial charge in [0.2, 0.25) is 17.7 Å². The Hall–Kier alpha value is -3.14. The molecule has 10 heteroatoms. The summed E-state index contributed by atoms with van der Waals surface area (Å²) in [6.45, 7) is 0.376. The number of amides is 3. The number of carbonyl (C=O) groups excluding carboxylic acids is 3. The standard InChI is InChI=1S/C31H39ClN4O5/c1-36-26(18-37)30(39)35-25(16-19-7-12-23(32)13-8-19)29(38)33-15-3-6-21-4-2-5-22-11-14-24(41-28(21)22)17-34-27(31(36)40)20-9-10-20/h2,4-5,7-8,12-13,20,24-27,34,37H,3,6,9-11,14-18H2,1H3,(H,33,38)(H,35,39)/t24?,25-,26+,27+/m0/s1. The molecule has 5 rings (SSSR count). The summed E-state index contributed by atoms with van der Waals surface area (Å²) in [5.41, 5.74) is 3.11. The van der Waals surface area contributed by atoms with Crippen LogP contribution >= 0.6 is 11.6 Å². The van der Waals surface area contributed by atoms with E-state index in [-0.39, 0.29) is 30.3 Å². The van der Waals surface area contributed by atoms with Crippen molar-refractivity contribution in [1.82, 2.24) is 20.9 Å². The third-order valence-corrected chi connectivity index (χ3v) is 8.57. The Morgan fingerprint density at radius 2 is 1.73 bits per heavy atom. The van der Waals surface area contributed by atoms with Gasteiger partial charge in [-0.15, -0.1) is 0 Å². The lowest BCUT2D eigenvalue weighted by molar-refractivity contribution is -0.143. The number of carbonyl (C=O) groups is 3. The SMILES string of the molecule is CN1C(=O)[C@@H](C2CC2)NCC2CCc3cccc(c3O2)CCCNC(=O)[C@H](Cc2ccc(Cl)cc2)NC(=O)[C@H]1CO. The smallest absolute Gasteiger partial charge is 0.245 e. The number of likely N-dealkylation sites (N-methyl/N-ethyl adjacent to an activating group) is 1. The largest absolute Gasteiger partial charge is 0.489 e. The van der Waals surface area contributed by atoms with Crippen molar-refractivity contribution >= 4 is 29.3 Å². The highest BCUT2D eigenvalue weighted by molar-refractivity contribution is 6.30. The minimum atomic E-state index is -1.13. The number of rotatable bonds is 4. The van der Waals surface area contributed by atoms with E-state index in [4.69, 9.17) is 16.3 Å². The van der Waals surface area contributed by atoms with Gasteiger partial charge in [0.05, 0.1) is 12.6 Å². The van der Waals surface area contributed by atoms with Crippen molar-refractivity contribution in [2.24, 2.45) is 5.92 Å². The number of fused-ring (bicyclic) bond motifs is 1. The average Bonchev–Trinajstić information content (AvgIpc) is 3.81. The van der Waals surface area contributed by atoms with Crippen LogP contribution in [0.4, 0.5) is 0 Å². The van der Waals surface area contributed by atoms with E-state index in [9.17, 15) is 19.5 Å². The van der Waals surface area contributed by atoms with Gasteiger partial charge in [-0.25, -0.2) is 0 Å². The lowest BCUT2D eigenvalue weighted by Gasteiger charge is -2.33. The summed E-state index contributed by atoms with van der Waals surface area (Å²) < 4.78 is 6.45. The molecule has 220 valence electrons. The second-order valence-corrected chi connectivity index (χ2v) is 11.8. The maximum absolute atomic E-state index is 13.6. The van der Waals surface area contributed by atoms with Gasteiger partial charge in [0, 0.05) is 31.6 Å². The lowest BCUT2D eigenvalue weighted by Crippen LogP contribution is -2.59. The highest BCUT2D eigenvalue weighted by Gasteiger charge is 2.41. The fourth-order valence-electron chi connectivity index (χ4n) is 5.71. The number of hydrogen-bond acceptors (Lipinski definition) is 6. The summed E-state index contributed by atoms with van der Waals surface area (Å²) in [5.74, 6) is -0.0712. The number of nitrogens with one attached hydrogen (secondary N) is 3. The first-order valence-corrected chi connectivity index (χ1v) is 14.9. The van der Waals surface area contributed by atoms with Crippen LogP contribution in [0.1, 0.15) is 42.4 Å². The zero-order valence-electron chi connectivity index (χ0n) is 23.4. The number of benzene rings is 2. The van der Waals surface area contributed by atoms with Gasteiger partial charge in [0.25, 0.3) is 0 Å². The molecule has 9 nitrogen and oxygen atoms in total. The van der Waals surface area contributed by atoms with Crippen molar-refractivity contribution in [2.75, 3.05) is 26.7 Å². The third kappa shape index (κ3) is 7.20. The van der Waals surface area contributed by atoms with Gasteiger partial charge >= 0.3 is 0 Å². The number of halogens is 1. The average molecular weight is 583 g/mol. The van der Waals surface area contributed by atoms with Crippen molar-refractivity contribution < 1.29 is 24.2 Å². The van der Waals surface area contributed by atoms with Crippen LogP contribution in [0.15, 0.2) is 42.5 Å². The van der Waals surface area contributed by atoms with E-state index in [2.05, 4.69) is 28.1 Å². The Labute approximate surface area is 246 Å². The first kappa shape index (κ1) is 29.4. The molecule has 2 aromatic rings. The van der Waals surface area contributed by atoms with Gasteiger partial charge in [0.15, 0.2) is 0 Å². The maximum atomic E-state index is 13.6. The molecule has 0 radical (unpaired) electrons. The number of aliphatic hydroxyl groups is 1. The quantitative estimate of drug-likeness (QED) is 0.438. The molecule has 0 spiro atoms. The van der Waals surface area contributed by atoms with E-state index in [1.165, 1.54) is 17.5 Å². The second-order valence-electron chi connectivity index (χ2n) is 11.3. The van der Waals surface area contributed by atoms with Gasteiger partial charge in [-0.1, -0.05) is 41.9 Å². The van der Waals surface area contributed by atoms with Gasteiger partial charge in [-0.2, -0.15) is 0 Å². The van der Waals surface area contributed by atoms with E-state index in [0.717, 1.165) is 49.0 Å². The topological polar surface area (TPSA) is 120 Å². The van der Waals surface area contributed by atoms with Crippen LogP contribution in [0.3, 0.4) is 0 Å². The van der Waals surface area contributed by atoms with Gasteiger partial charge < -0.3 is 30.7 Å². The molecule has 2 aromatic carbocycles. The van der Waals surface area contributed by atoms with Crippen molar-refractivity contribution in [1.29, 1.82) is 0 Å². The Balaban J connectivity index is 1.40. The van der Waals surface area contributed by atoms with Crippen LogP contribution < -0.4 is 20.7 Å². The zero-order valence-corrected chi connectivity index (χ0v) is 24.2. The van der Waals surface area contributed by atoms with Crippen LogP contribution in [0, 0.1) is 5.92 Å². The minimum absolute atomic E-state index is 0.0767. The van der Waals surface area contributed by atoms with Gasteiger partial charge in [-0.05, 0) is 73.3 Å². The molecule has 0 saturated heterocycles. The molecular weight excluding hydrogens is 544 g/mol. The van der Waals surface area contributed by atoms with Crippen molar-refractivity contribution in [3.05, 3.63) is 64.2 Å². The molecule has 41 heavy (non-hydrogen) atoms. The molecule has 3 amide bonds. The summed E-state index contributed by atoms with van der Waals surface area (Å²) in [4.78, 5) is 41.7. The lowest BCUT2D eigenvalue weighted by atomic mass is 9.96. The van der Waals surface area contributed by atoms with Crippen molar-refractivity contribution in [3.63, 3.8) is 0 Å². The van der Waals surface area contributed by atoms with E-state index in [1.54, 1.807) is 12.1 Å². The van der Waals surface area contributed by atoms with Crippen molar-refractivity contribution in [3.8, 4) is 5.75 Å². The van der Waals surface area contributed by atoms with Crippen LogP contribution in [-0.2, 0) is 33.6 Å². The summed E-state index contributed by atoms with van der Waals surface area (Å²) in [5, 5.41) is 20.0. The Morgan fingerprint density at radius 3 is 2.44 bits per heavy atom. The molecule has 2 bridgehead atoms. The molecular formula is C31H39ClN4O5. The first-order valence-electron chi connectivity index (χ1n) is 14.5. The highest BCUT2D eigenvalue weighted by atomic mass is 35.5. The molecule has 1 saturated carbocycles.